The zero-order valence-corrected chi connectivity index (χ0v) is 12.2. The van der Waals surface area contributed by atoms with Gasteiger partial charge in [0.1, 0.15) is 5.75 Å². The number of benzene rings is 1. The van der Waals surface area contributed by atoms with E-state index in [1.165, 1.54) is 0 Å². The highest BCUT2D eigenvalue weighted by atomic mass is 35.5. The molecule has 0 saturated carbocycles. The van der Waals surface area contributed by atoms with Crippen molar-refractivity contribution in [3.63, 3.8) is 0 Å². The second kappa shape index (κ2) is 6.24. The highest BCUT2D eigenvalue weighted by Gasteiger charge is 2.05. The van der Waals surface area contributed by atoms with Crippen LogP contribution in [0.3, 0.4) is 0 Å². The summed E-state index contributed by atoms with van der Waals surface area (Å²) in [5.41, 5.74) is 2.02. The van der Waals surface area contributed by atoms with Crippen LogP contribution in [0, 0.1) is 6.92 Å². The standard InChI is InChI=1S/C14H14Cl2N2O/c1-9-5-10(8-17-2)6-14(18-9)19-11-3-4-12(15)13(16)7-11/h3-7,17H,8H2,1-2H3. The Kier molecular flexibility index (Phi) is 4.64. The Balaban J connectivity index is 2.24. The summed E-state index contributed by atoms with van der Waals surface area (Å²) in [6.07, 6.45) is 0. The molecule has 0 aliphatic carbocycles. The molecule has 100 valence electrons. The third-order valence-electron chi connectivity index (χ3n) is 2.48. The minimum Gasteiger partial charge on any atom is -0.439 e. The van der Waals surface area contributed by atoms with Gasteiger partial charge in [0.15, 0.2) is 0 Å². The topological polar surface area (TPSA) is 34.2 Å². The van der Waals surface area contributed by atoms with Crippen LogP contribution >= 0.6 is 23.2 Å². The summed E-state index contributed by atoms with van der Waals surface area (Å²) in [5, 5.41) is 4.06. The molecular weight excluding hydrogens is 283 g/mol. The molecule has 1 aromatic carbocycles. The number of halogens is 2. The van der Waals surface area contributed by atoms with E-state index in [1.54, 1.807) is 18.2 Å². The van der Waals surface area contributed by atoms with Gasteiger partial charge in [-0.15, -0.1) is 0 Å². The lowest BCUT2D eigenvalue weighted by Gasteiger charge is -2.09. The van der Waals surface area contributed by atoms with Gasteiger partial charge in [0, 0.05) is 24.4 Å². The first-order valence-electron chi connectivity index (χ1n) is 5.83. The van der Waals surface area contributed by atoms with Gasteiger partial charge in [-0.05, 0) is 37.7 Å². The van der Waals surface area contributed by atoms with Crippen LogP contribution in [-0.4, -0.2) is 12.0 Å². The number of rotatable bonds is 4. The van der Waals surface area contributed by atoms with Crippen LogP contribution in [0.4, 0.5) is 0 Å². The van der Waals surface area contributed by atoms with E-state index in [9.17, 15) is 0 Å². The van der Waals surface area contributed by atoms with Crippen molar-refractivity contribution in [3.05, 3.63) is 51.6 Å². The van der Waals surface area contributed by atoms with E-state index in [0.717, 1.165) is 17.8 Å². The minimum atomic E-state index is 0.460. The highest BCUT2D eigenvalue weighted by molar-refractivity contribution is 6.42. The molecule has 0 aliphatic rings. The Morgan fingerprint density at radius 3 is 2.63 bits per heavy atom. The second-order valence-corrected chi connectivity index (χ2v) is 4.98. The van der Waals surface area contributed by atoms with E-state index >= 15 is 0 Å². The van der Waals surface area contributed by atoms with E-state index in [4.69, 9.17) is 27.9 Å². The van der Waals surface area contributed by atoms with E-state index in [2.05, 4.69) is 10.3 Å². The Bertz CT molecular complexity index is 588. The SMILES string of the molecule is CNCc1cc(C)nc(Oc2ccc(Cl)c(Cl)c2)c1. The first kappa shape index (κ1) is 14.1. The Labute approximate surface area is 122 Å². The number of pyridine rings is 1. The third-order valence-corrected chi connectivity index (χ3v) is 3.22. The number of aryl methyl sites for hydroxylation is 1. The molecule has 1 aromatic heterocycles. The molecule has 0 unspecified atom stereocenters. The van der Waals surface area contributed by atoms with Gasteiger partial charge in [0.2, 0.25) is 5.88 Å². The molecular formula is C14H14Cl2N2O. The number of hydrogen-bond acceptors (Lipinski definition) is 3. The van der Waals surface area contributed by atoms with Crippen LogP contribution < -0.4 is 10.1 Å². The fourth-order valence-corrected chi connectivity index (χ4v) is 2.01. The molecule has 2 aromatic rings. The molecule has 0 atom stereocenters. The van der Waals surface area contributed by atoms with E-state index in [-0.39, 0.29) is 0 Å². The van der Waals surface area contributed by atoms with Gasteiger partial charge in [-0.1, -0.05) is 23.2 Å². The molecule has 0 radical (unpaired) electrons. The van der Waals surface area contributed by atoms with Crippen LogP contribution in [0.5, 0.6) is 11.6 Å². The number of hydrogen-bond donors (Lipinski definition) is 1. The summed E-state index contributed by atoms with van der Waals surface area (Å²) >= 11 is 11.8. The van der Waals surface area contributed by atoms with Gasteiger partial charge < -0.3 is 10.1 Å². The van der Waals surface area contributed by atoms with Gasteiger partial charge in [-0.3, -0.25) is 0 Å². The molecule has 2 rings (SSSR count). The molecule has 0 saturated heterocycles. The maximum Gasteiger partial charge on any atom is 0.219 e. The van der Waals surface area contributed by atoms with Gasteiger partial charge in [0.25, 0.3) is 0 Å². The second-order valence-electron chi connectivity index (χ2n) is 4.16. The fourth-order valence-electron chi connectivity index (χ4n) is 1.73. The first-order chi connectivity index (χ1) is 9.08. The lowest BCUT2D eigenvalue weighted by molar-refractivity contribution is 0.460. The van der Waals surface area contributed by atoms with E-state index in [1.807, 2.05) is 26.1 Å². The van der Waals surface area contributed by atoms with Crippen LogP contribution in [0.2, 0.25) is 10.0 Å². The molecule has 0 spiro atoms. The third kappa shape index (κ3) is 3.83. The summed E-state index contributed by atoms with van der Waals surface area (Å²) < 4.78 is 5.70. The van der Waals surface area contributed by atoms with Gasteiger partial charge in [-0.2, -0.15) is 0 Å². The molecule has 0 bridgehead atoms. The molecule has 0 fully saturated rings. The molecule has 1 N–H and O–H groups in total. The number of aromatic nitrogens is 1. The predicted octanol–water partition coefficient (Wildman–Crippen LogP) is 4.21. The van der Waals surface area contributed by atoms with Crippen LogP contribution in [0.25, 0.3) is 0 Å². The fraction of sp³-hybridized carbons (Fsp3) is 0.214. The molecule has 19 heavy (non-hydrogen) atoms. The highest BCUT2D eigenvalue weighted by Crippen LogP contribution is 2.29. The van der Waals surface area contributed by atoms with E-state index in [0.29, 0.717) is 21.7 Å². The first-order valence-corrected chi connectivity index (χ1v) is 6.59. The Morgan fingerprint density at radius 1 is 1.16 bits per heavy atom. The Morgan fingerprint density at radius 2 is 1.95 bits per heavy atom. The summed E-state index contributed by atoms with van der Waals surface area (Å²) in [6.45, 7) is 2.70. The smallest absolute Gasteiger partial charge is 0.219 e. The molecule has 1 heterocycles. The molecule has 0 aliphatic heterocycles. The summed E-state index contributed by atoms with van der Waals surface area (Å²) in [6, 6.07) is 9.04. The monoisotopic (exact) mass is 296 g/mol. The largest absolute Gasteiger partial charge is 0.439 e. The predicted molar refractivity (Wildman–Crippen MR) is 78.3 cm³/mol. The van der Waals surface area contributed by atoms with Crippen molar-refractivity contribution in [3.8, 4) is 11.6 Å². The average Bonchev–Trinajstić information content (AvgIpc) is 2.33. The minimum absolute atomic E-state index is 0.460. The van der Waals surface area contributed by atoms with Crippen LogP contribution in [0.1, 0.15) is 11.3 Å². The van der Waals surface area contributed by atoms with Gasteiger partial charge >= 0.3 is 0 Å². The van der Waals surface area contributed by atoms with E-state index < -0.39 is 0 Å². The van der Waals surface area contributed by atoms with Crippen molar-refractivity contribution < 1.29 is 4.74 Å². The number of nitrogens with zero attached hydrogens (tertiary/aromatic N) is 1. The van der Waals surface area contributed by atoms with Gasteiger partial charge in [-0.25, -0.2) is 4.98 Å². The average molecular weight is 297 g/mol. The van der Waals surface area contributed by atoms with Crippen molar-refractivity contribution >= 4 is 23.2 Å². The normalized spacial score (nSPS) is 10.5. The Hall–Kier alpha value is -1.29. The zero-order valence-electron chi connectivity index (χ0n) is 10.7. The lowest BCUT2D eigenvalue weighted by Crippen LogP contribution is -2.06. The van der Waals surface area contributed by atoms with Crippen LogP contribution in [-0.2, 0) is 6.54 Å². The number of ether oxygens (including phenoxy) is 1. The molecule has 0 amide bonds. The van der Waals surface area contributed by atoms with Crippen molar-refractivity contribution in [2.45, 2.75) is 13.5 Å². The van der Waals surface area contributed by atoms with Crippen molar-refractivity contribution in [2.75, 3.05) is 7.05 Å². The maximum atomic E-state index is 5.95. The molecule has 3 nitrogen and oxygen atoms in total. The quantitative estimate of drug-likeness (QED) is 0.918. The summed E-state index contributed by atoms with van der Waals surface area (Å²) in [5.74, 6) is 1.16. The maximum absolute atomic E-state index is 5.95. The summed E-state index contributed by atoms with van der Waals surface area (Å²) in [4.78, 5) is 4.34. The van der Waals surface area contributed by atoms with Crippen molar-refractivity contribution in [1.29, 1.82) is 0 Å². The van der Waals surface area contributed by atoms with Crippen molar-refractivity contribution in [2.24, 2.45) is 0 Å². The lowest BCUT2D eigenvalue weighted by atomic mass is 10.2. The van der Waals surface area contributed by atoms with Crippen molar-refractivity contribution in [1.82, 2.24) is 10.3 Å². The van der Waals surface area contributed by atoms with Crippen LogP contribution in [0.15, 0.2) is 30.3 Å². The number of nitrogens with one attached hydrogen (secondary N) is 1. The molecule has 5 heteroatoms. The summed E-state index contributed by atoms with van der Waals surface area (Å²) in [7, 11) is 1.90. The van der Waals surface area contributed by atoms with Gasteiger partial charge in [0.05, 0.1) is 10.0 Å². The zero-order chi connectivity index (χ0) is 13.8.